The van der Waals surface area contributed by atoms with Crippen LogP contribution in [0.1, 0.15) is 5.56 Å². The molecule has 0 aliphatic carbocycles. The van der Waals surface area contributed by atoms with Crippen molar-refractivity contribution in [3.63, 3.8) is 0 Å². The highest BCUT2D eigenvalue weighted by atomic mass is 32.1. The van der Waals surface area contributed by atoms with Crippen LogP contribution >= 0.6 is 11.3 Å². The first kappa shape index (κ1) is 23.8. The number of aromatic nitrogens is 2. The molecule has 0 unspecified atom stereocenters. The number of nitrogens with zero attached hydrogens (tertiary/aromatic N) is 4. The minimum Gasteiger partial charge on any atom is -0.318 e. The third-order valence-electron chi connectivity index (χ3n) is 8.57. The molecule has 0 fully saturated rings. The van der Waals surface area contributed by atoms with E-state index in [-0.39, 0.29) is 0 Å². The van der Waals surface area contributed by atoms with Gasteiger partial charge in [-0.3, -0.25) is 0 Å². The van der Waals surface area contributed by atoms with Crippen LogP contribution in [0.25, 0.3) is 80.0 Å². The van der Waals surface area contributed by atoms with Gasteiger partial charge in [0.1, 0.15) is 6.07 Å². The van der Waals surface area contributed by atoms with E-state index in [1.54, 1.807) is 11.3 Å². The molecule has 0 atom stereocenters. The van der Waals surface area contributed by atoms with Gasteiger partial charge in [0, 0.05) is 31.6 Å². The molecule has 9 rings (SSSR count). The summed E-state index contributed by atoms with van der Waals surface area (Å²) in [5, 5.41) is 16.9. The number of benzene rings is 6. The SMILES string of the molecule is [C-]#[N+]c1cccc2c3ccccc3n(-c3cccc4sc5c(-n6c7ccccc7c7cccc(C#N)c76)cccc5c34)c12. The van der Waals surface area contributed by atoms with Crippen molar-refractivity contribution >= 4 is 80.8 Å². The van der Waals surface area contributed by atoms with Gasteiger partial charge in [-0.05, 0) is 41.8 Å². The van der Waals surface area contributed by atoms with Gasteiger partial charge < -0.3 is 9.13 Å². The molecule has 0 aliphatic heterocycles. The van der Waals surface area contributed by atoms with E-state index in [2.05, 4.69) is 117 Å². The van der Waals surface area contributed by atoms with Gasteiger partial charge >= 0.3 is 0 Å². The second-order valence-electron chi connectivity index (χ2n) is 10.7. The molecular formula is C38H20N4S. The minimum atomic E-state index is 0.639. The highest BCUT2D eigenvalue weighted by molar-refractivity contribution is 7.26. The Balaban J connectivity index is 1.44. The number of hydrogen-bond acceptors (Lipinski definition) is 2. The lowest BCUT2D eigenvalue weighted by molar-refractivity contribution is 1.20. The first-order valence-corrected chi connectivity index (χ1v) is 14.9. The fourth-order valence-electron chi connectivity index (χ4n) is 6.88. The third kappa shape index (κ3) is 3.12. The third-order valence-corrected chi connectivity index (χ3v) is 9.76. The predicted molar refractivity (Wildman–Crippen MR) is 179 cm³/mol. The van der Waals surface area contributed by atoms with Crippen LogP contribution in [0.3, 0.4) is 0 Å². The van der Waals surface area contributed by atoms with E-state index in [0.717, 1.165) is 70.5 Å². The normalized spacial score (nSPS) is 11.7. The van der Waals surface area contributed by atoms with E-state index in [4.69, 9.17) is 6.57 Å². The molecule has 0 radical (unpaired) electrons. The van der Waals surface area contributed by atoms with Crippen LogP contribution < -0.4 is 0 Å². The zero-order valence-corrected chi connectivity index (χ0v) is 23.6. The first-order valence-electron chi connectivity index (χ1n) is 14.1. The topological polar surface area (TPSA) is 38.0 Å². The summed E-state index contributed by atoms with van der Waals surface area (Å²) in [6, 6.07) is 44.1. The maximum Gasteiger partial charge on any atom is 0.211 e. The molecule has 6 aromatic carbocycles. The second kappa shape index (κ2) is 8.81. The molecule has 0 aliphatic rings. The molecule has 43 heavy (non-hydrogen) atoms. The average molecular weight is 565 g/mol. The largest absolute Gasteiger partial charge is 0.318 e. The standard InChI is InChI=1S/C38H20N4S/c1-40-29-16-7-14-27-25-12-3-4-17-30(25)41(37(27)29)32-19-9-21-34-35(32)28-15-8-20-33(38(28)43-34)42-31-18-5-2-11-24(31)26-13-6-10-23(22-39)36(26)42/h2-21H. The molecule has 0 amide bonds. The summed E-state index contributed by atoms with van der Waals surface area (Å²) in [7, 11) is 0. The lowest BCUT2D eigenvalue weighted by Crippen LogP contribution is -1.96. The van der Waals surface area contributed by atoms with Crippen LogP contribution in [0.15, 0.2) is 121 Å². The van der Waals surface area contributed by atoms with Gasteiger partial charge in [0.25, 0.3) is 0 Å². The number of rotatable bonds is 2. The maximum absolute atomic E-state index is 10.1. The lowest BCUT2D eigenvalue weighted by Gasteiger charge is -2.12. The van der Waals surface area contributed by atoms with E-state index >= 15 is 0 Å². The van der Waals surface area contributed by atoms with Gasteiger partial charge in [0.05, 0.1) is 50.3 Å². The highest BCUT2D eigenvalue weighted by Crippen LogP contribution is 2.45. The van der Waals surface area contributed by atoms with Crippen LogP contribution in [0, 0.1) is 17.9 Å². The van der Waals surface area contributed by atoms with Crippen molar-refractivity contribution in [1.29, 1.82) is 5.26 Å². The van der Waals surface area contributed by atoms with Gasteiger partial charge in [-0.2, -0.15) is 5.26 Å². The quantitative estimate of drug-likeness (QED) is 0.192. The molecule has 3 aromatic heterocycles. The van der Waals surface area contributed by atoms with Crippen LogP contribution in [0.5, 0.6) is 0 Å². The molecule has 0 saturated carbocycles. The monoisotopic (exact) mass is 564 g/mol. The molecule has 198 valence electrons. The zero-order chi connectivity index (χ0) is 28.7. The molecule has 0 spiro atoms. The zero-order valence-electron chi connectivity index (χ0n) is 22.7. The van der Waals surface area contributed by atoms with Crippen LogP contribution in [-0.4, -0.2) is 9.13 Å². The Bertz CT molecular complexity index is 2710. The minimum absolute atomic E-state index is 0.639. The Morgan fingerprint density at radius 3 is 1.91 bits per heavy atom. The smallest absolute Gasteiger partial charge is 0.211 e. The highest BCUT2D eigenvalue weighted by Gasteiger charge is 2.21. The van der Waals surface area contributed by atoms with Crippen LogP contribution in [0.2, 0.25) is 0 Å². The lowest BCUT2D eigenvalue weighted by atomic mass is 10.1. The van der Waals surface area contributed by atoms with Crippen molar-refractivity contribution in [2.45, 2.75) is 0 Å². The molecule has 5 heteroatoms. The molecule has 9 aromatic rings. The van der Waals surface area contributed by atoms with Crippen molar-refractivity contribution < 1.29 is 0 Å². The summed E-state index contributed by atoms with van der Waals surface area (Å²) in [6.07, 6.45) is 0. The Kier molecular flexibility index (Phi) is 4.87. The summed E-state index contributed by atoms with van der Waals surface area (Å²) >= 11 is 1.77. The Morgan fingerprint density at radius 2 is 1.16 bits per heavy atom. The van der Waals surface area contributed by atoms with Gasteiger partial charge in [-0.15, -0.1) is 11.3 Å². The summed E-state index contributed by atoms with van der Waals surface area (Å²) < 4.78 is 6.87. The van der Waals surface area contributed by atoms with Gasteiger partial charge in [0.2, 0.25) is 5.69 Å². The maximum atomic E-state index is 10.1. The number of hydrogen-bond donors (Lipinski definition) is 0. The number of thiophene rings is 1. The molecule has 3 heterocycles. The van der Waals surface area contributed by atoms with Crippen molar-refractivity contribution in [2.24, 2.45) is 0 Å². The Morgan fingerprint density at radius 1 is 0.581 bits per heavy atom. The number of para-hydroxylation sites is 4. The van der Waals surface area contributed by atoms with E-state index in [0.29, 0.717) is 11.3 Å². The average Bonchev–Trinajstić information content (AvgIpc) is 3.72. The molecule has 0 saturated heterocycles. The van der Waals surface area contributed by atoms with E-state index in [1.165, 1.54) is 4.70 Å². The number of nitriles is 1. The van der Waals surface area contributed by atoms with Crippen molar-refractivity contribution in [1.82, 2.24) is 9.13 Å². The van der Waals surface area contributed by atoms with Crippen molar-refractivity contribution in [2.75, 3.05) is 0 Å². The van der Waals surface area contributed by atoms with Gasteiger partial charge in [-0.1, -0.05) is 84.9 Å². The predicted octanol–water partition coefficient (Wildman–Crippen LogP) is 10.7. The summed E-state index contributed by atoms with van der Waals surface area (Å²) in [5.41, 5.74) is 7.44. The van der Waals surface area contributed by atoms with E-state index in [9.17, 15) is 5.26 Å². The fourth-order valence-corrected chi connectivity index (χ4v) is 8.10. The van der Waals surface area contributed by atoms with Crippen molar-refractivity contribution in [3.05, 3.63) is 138 Å². The van der Waals surface area contributed by atoms with Crippen LogP contribution in [-0.2, 0) is 0 Å². The molecular weight excluding hydrogens is 545 g/mol. The Labute approximate surface area is 250 Å². The molecule has 4 nitrogen and oxygen atoms in total. The summed E-state index contributed by atoms with van der Waals surface area (Å²) in [6.45, 7) is 7.98. The molecule has 0 bridgehead atoms. The Hall–Kier alpha value is -5.88. The fraction of sp³-hybridized carbons (Fsp3) is 0. The number of fused-ring (bicyclic) bond motifs is 9. The molecule has 0 N–H and O–H groups in total. The van der Waals surface area contributed by atoms with Crippen molar-refractivity contribution in [3.8, 4) is 17.4 Å². The first-order chi connectivity index (χ1) is 21.3. The second-order valence-corrected chi connectivity index (χ2v) is 11.8. The van der Waals surface area contributed by atoms with E-state index < -0.39 is 0 Å². The summed E-state index contributed by atoms with van der Waals surface area (Å²) in [4.78, 5) is 3.93. The van der Waals surface area contributed by atoms with E-state index in [1.807, 2.05) is 24.3 Å². The van der Waals surface area contributed by atoms with Gasteiger partial charge in [0.15, 0.2) is 0 Å². The van der Waals surface area contributed by atoms with Gasteiger partial charge in [-0.25, -0.2) is 4.85 Å². The van der Waals surface area contributed by atoms with Crippen LogP contribution in [0.4, 0.5) is 5.69 Å². The summed E-state index contributed by atoms with van der Waals surface area (Å²) in [5.74, 6) is 0.